The molecule has 0 unspecified atom stereocenters. The first-order chi connectivity index (χ1) is 19.4. The van der Waals surface area contributed by atoms with Gasteiger partial charge < -0.3 is 20.8 Å². The number of aromatic carboxylic acids is 2. The third-order valence-corrected chi connectivity index (χ3v) is 7.95. The van der Waals surface area contributed by atoms with Crippen molar-refractivity contribution < 1.29 is 37.8 Å². The second kappa shape index (κ2) is 11.8. The van der Waals surface area contributed by atoms with E-state index in [9.17, 15) is 37.8 Å². The third-order valence-electron chi connectivity index (χ3n) is 5.73. The first-order valence-corrected chi connectivity index (χ1v) is 13.7. The molecule has 0 radical (unpaired) electrons. The van der Waals surface area contributed by atoms with Crippen molar-refractivity contribution >= 4 is 68.2 Å². The van der Waals surface area contributed by atoms with Crippen LogP contribution in [0.5, 0.6) is 0 Å². The molecule has 0 aliphatic heterocycles. The number of carboxylic acid groups (broad SMARTS) is 2. The predicted molar refractivity (Wildman–Crippen MR) is 151 cm³/mol. The fraction of sp³-hybridized carbons (Fsp3) is 0. The van der Waals surface area contributed by atoms with Gasteiger partial charge in [0.2, 0.25) is 9.84 Å². The van der Waals surface area contributed by atoms with Gasteiger partial charge in [-0.3, -0.25) is 9.59 Å². The molecule has 10 nitrogen and oxygen atoms in total. The molecule has 0 aromatic heterocycles. The minimum absolute atomic E-state index is 0.147. The van der Waals surface area contributed by atoms with Crippen LogP contribution in [0.15, 0.2) is 94.7 Å². The number of amides is 2. The van der Waals surface area contributed by atoms with Gasteiger partial charge in [0.1, 0.15) is 0 Å². The number of nitrogens with one attached hydrogen (secondary N) is 2. The molecule has 4 N–H and O–H groups in total. The number of carboxylic acids is 2. The van der Waals surface area contributed by atoms with Gasteiger partial charge in [-0.2, -0.15) is 0 Å². The van der Waals surface area contributed by atoms with Crippen LogP contribution in [0.2, 0.25) is 10.0 Å². The fourth-order valence-corrected chi connectivity index (χ4v) is 5.43. The highest BCUT2D eigenvalue weighted by Crippen LogP contribution is 2.29. The van der Waals surface area contributed by atoms with E-state index in [-0.39, 0.29) is 32.5 Å². The highest BCUT2D eigenvalue weighted by molar-refractivity contribution is 7.91. The average Bonchev–Trinajstić information content (AvgIpc) is 2.93. The van der Waals surface area contributed by atoms with Crippen LogP contribution >= 0.6 is 23.2 Å². The molecule has 13 heteroatoms. The summed E-state index contributed by atoms with van der Waals surface area (Å²) in [6.45, 7) is 0. The van der Waals surface area contributed by atoms with Crippen molar-refractivity contribution in [1.29, 1.82) is 0 Å². The van der Waals surface area contributed by atoms with Crippen LogP contribution < -0.4 is 10.6 Å². The van der Waals surface area contributed by atoms with Gasteiger partial charge in [0.25, 0.3) is 11.8 Å². The first-order valence-electron chi connectivity index (χ1n) is 11.5. The van der Waals surface area contributed by atoms with Gasteiger partial charge in [-0.15, -0.1) is 0 Å². The monoisotopic (exact) mass is 612 g/mol. The number of hydrogen-bond acceptors (Lipinski definition) is 6. The number of carbonyl (C=O) groups excluding carboxylic acids is 2. The summed E-state index contributed by atoms with van der Waals surface area (Å²) in [5.74, 6) is -4.39. The molecule has 0 saturated heterocycles. The van der Waals surface area contributed by atoms with E-state index in [1.165, 1.54) is 36.4 Å². The van der Waals surface area contributed by atoms with Crippen LogP contribution in [-0.2, 0) is 9.84 Å². The molecule has 0 saturated carbocycles. The molecule has 4 aromatic carbocycles. The predicted octanol–water partition coefficient (Wildman–Crippen LogP) is 5.73. The third kappa shape index (κ3) is 6.55. The quantitative estimate of drug-likeness (QED) is 0.196. The summed E-state index contributed by atoms with van der Waals surface area (Å²) in [6.07, 6.45) is 0. The van der Waals surface area contributed by atoms with E-state index in [1.807, 2.05) is 0 Å². The molecule has 0 bridgehead atoms. The largest absolute Gasteiger partial charge is 0.478 e. The summed E-state index contributed by atoms with van der Waals surface area (Å²) in [6, 6.07) is 17.9. The molecule has 4 rings (SSSR count). The van der Waals surface area contributed by atoms with Crippen LogP contribution in [0, 0.1) is 0 Å². The van der Waals surface area contributed by atoms with E-state index >= 15 is 0 Å². The van der Waals surface area contributed by atoms with E-state index in [0.717, 1.165) is 36.4 Å². The summed E-state index contributed by atoms with van der Waals surface area (Å²) < 4.78 is 26.8. The van der Waals surface area contributed by atoms with Crippen molar-refractivity contribution in [3.63, 3.8) is 0 Å². The Morgan fingerprint density at radius 3 is 1.32 bits per heavy atom. The first kappa shape index (κ1) is 29.3. The van der Waals surface area contributed by atoms with E-state index < -0.39 is 54.5 Å². The summed E-state index contributed by atoms with van der Waals surface area (Å²) in [5, 5.41) is 24.8. The number of anilines is 2. The molecule has 208 valence electrons. The maximum atomic E-state index is 13.4. The van der Waals surface area contributed by atoms with Gasteiger partial charge in [0, 0.05) is 21.2 Å². The van der Waals surface area contributed by atoms with Crippen LogP contribution in [0.1, 0.15) is 41.4 Å². The van der Waals surface area contributed by atoms with Crippen molar-refractivity contribution in [2.45, 2.75) is 9.79 Å². The zero-order chi connectivity index (χ0) is 29.9. The molecule has 4 aromatic rings. The van der Waals surface area contributed by atoms with Crippen LogP contribution in [0.25, 0.3) is 0 Å². The Kier molecular flexibility index (Phi) is 8.43. The maximum Gasteiger partial charge on any atom is 0.337 e. The van der Waals surface area contributed by atoms with E-state index in [4.69, 9.17) is 23.2 Å². The number of hydrogen-bond donors (Lipinski definition) is 4. The minimum Gasteiger partial charge on any atom is -0.478 e. The smallest absolute Gasteiger partial charge is 0.337 e. The Balaban J connectivity index is 1.66. The van der Waals surface area contributed by atoms with Gasteiger partial charge in [0.05, 0.1) is 32.3 Å². The van der Waals surface area contributed by atoms with Gasteiger partial charge in [-0.1, -0.05) is 35.3 Å². The second-order valence-corrected chi connectivity index (χ2v) is 11.3. The van der Waals surface area contributed by atoms with Gasteiger partial charge in [-0.05, 0) is 72.8 Å². The number of halogens is 2. The van der Waals surface area contributed by atoms with E-state index in [1.54, 1.807) is 12.1 Å². The lowest BCUT2D eigenvalue weighted by molar-refractivity contribution is 0.0686. The Morgan fingerprint density at radius 2 is 0.976 bits per heavy atom. The zero-order valence-electron chi connectivity index (χ0n) is 20.6. The van der Waals surface area contributed by atoms with Gasteiger partial charge >= 0.3 is 11.9 Å². The highest BCUT2D eigenvalue weighted by atomic mass is 35.5. The summed E-state index contributed by atoms with van der Waals surface area (Å²) in [7, 11) is -4.44. The summed E-state index contributed by atoms with van der Waals surface area (Å²) >= 11 is 11.8. The maximum absolute atomic E-state index is 13.4. The topological polar surface area (TPSA) is 167 Å². The molecule has 0 spiro atoms. The molecular formula is C28H18Cl2N2O8S. The number of benzene rings is 4. The van der Waals surface area contributed by atoms with Gasteiger partial charge in [0.15, 0.2) is 0 Å². The van der Waals surface area contributed by atoms with Crippen molar-refractivity contribution in [3.8, 4) is 0 Å². The van der Waals surface area contributed by atoms with Crippen molar-refractivity contribution in [1.82, 2.24) is 0 Å². The average molecular weight is 613 g/mol. The van der Waals surface area contributed by atoms with Crippen molar-refractivity contribution in [3.05, 3.63) is 117 Å². The fourth-order valence-electron chi connectivity index (χ4n) is 3.74. The Bertz CT molecular complexity index is 1710. The summed E-state index contributed by atoms with van der Waals surface area (Å²) in [4.78, 5) is 48.1. The molecule has 0 fully saturated rings. The Labute approximate surface area is 243 Å². The van der Waals surface area contributed by atoms with Crippen molar-refractivity contribution in [2.24, 2.45) is 0 Å². The normalized spacial score (nSPS) is 11.0. The standard InChI is InChI=1S/C28H18Cl2N2O8S/c29-17-5-1-3-15(11-17)25(33)31-23-9-7-19(13-21(23)27(35)36)41(39,40)20-8-10-24(22(14-20)28(37)38)32-26(34)16-4-2-6-18(30)12-16/h1-14H,(H,31,33)(H,32,34)(H,35,36)(H,37,38). The molecule has 0 atom stereocenters. The molecule has 0 heterocycles. The summed E-state index contributed by atoms with van der Waals surface area (Å²) in [5.41, 5.74) is -1.10. The van der Waals surface area contributed by atoms with E-state index in [0.29, 0.717) is 0 Å². The molecule has 41 heavy (non-hydrogen) atoms. The van der Waals surface area contributed by atoms with Crippen LogP contribution in [0.3, 0.4) is 0 Å². The number of rotatable bonds is 8. The second-order valence-electron chi connectivity index (χ2n) is 8.46. The Morgan fingerprint density at radius 1 is 0.585 bits per heavy atom. The lowest BCUT2D eigenvalue weighted by atomic mass is 10.1. The molecule has 0 aliphatic rings. The number of carbonyl (C=O) groups is 4. The van der Waals surface area contributed by atoms with Crippen molar-refractivity contribution in [2.75, 3.05) is 10.6 Å². The lowest BCUT2D eigenvalue weighted by Crippen LogP contribution is -2.16. The van der Waals surface area contributed by atoms with Crippen LogP contribution in [0.4, 0.5) is 11.4 Å². The Hall–Kier alpha value is -4.71. The van der Waals surface area contributed by atoms with Crippen LogP contribution in [-0.4, -0.2) is 42.4 Å². The van der Waals surface area contributed by atoms with Gasteiger partial charge in [-0.25, -0.2) is 18.0 Å². The van der Waals surface area contributed by atoms with E-state index in [2.05, 4.69) is 10.6 Å². The SMILES string of the molecule is O=C(Nc1ccc(S(=O)(=O)c2ccc(NC(=O)c3cccc(Cl)c3)c(C(=O)O)c2)cc1C(=O)O)c1cccc(Cl)c1. The molecule has 2 amide bonds. The molecule has 0 aliphatic carbocycles. The molecular weight excluding hydrogens is 595 g/mol. The lowest BCUT2D eigenvalue weighted by Gasteiger charge is -2.13. The number of sulfone groups is 1. The highest BCUT2D eigenvalue weighted by Gasteiger charge is 2.25. The zero-order valence-corrected chi connectivity index (χ0v) is 22.9. The minimum atomic E-state index is -4.44.